The second-order valence-corrected chi connectivity index (χ2v) is 8.65. The van der Waals surface area contributed by atoms with E-state index in [1.165, 1.54) is 19.1 Å². The number of sulfonamides is 1. The van der Waals surface area contributed by atoms with Crippen molar-refractivity contribution >= 4 is 33.4 Å². The van der Waals surface area contributed by atoms with E-state index in [1.807, 2.05) is 0 Å². The molecule has 1 unspecified atom stereocenters. The predicted octanol–water partition coefficient (Wildman–Crippen LogP) is 0.711. The molecule has 1 aromatic rings. The summed E-state index contributed by atoms with van der Waals surface area (Å²) < 4.78 is 29.1. The largest absolute Gasteiger partial charge is 0.383 e. The van der Waals surface area contributed by atoms with Crippen LogP contribution in [-0.4, -0.2) is 75.6 Å². The summed E-state index contributed by atoms with van der Waals surface area (Å²) in [6, 6.07) is 6.08. The molecule has 0 aliphatic carbocycles. The van der Waals surface area contributed by atoms with E-state index >= 15 is 0 Å². The van der Waals surface area contributed by atoms with Gasteiger partial charge in [0.1, 0.15) is 6.04 Å². The van der Waals surface area contributed by atoms with Crippen molar-refractivity contribution in [3.63, 3.8) is 0 Å². The van der Waals surface area contributed by atoms with E-state index in [4.69, 9.17) is 16.3 Å². The van der Waals surface area contributed by atoms with E-state index < -0.39 is 22.0 Å². The molecule has 0 saturated carbocycles. The number of halogens is 1. The van der Waals surface area contributed by atoms with Crippen molar-refractivity contribution in [3.8, 4) is 0 Å². The monoisotopic (exact) mass is 419 g/mol. The fourth-order valence-corrected chi connectivity index (χ4v) is 2.66. The van der Waals surface area contributed by atoms with Crippen molar-refractivity contribution in [2.45, 2.75) is 19.5 Å². The highest BCUT2D eigenvalue weighted by Gasteiger charge is 2.28. The molecule has 0 radical (unpaired) electrons. The van der Waals surface area contributed by atoms with Gasteiger partial charge in [0.15, 0.2) is 0 Å². The van der Waals surface area contributed by atoms with Gasteiger partial charge in [-0.15, -0.1) is 0 Å². The Bertz CT molecular complexity index is 739. The average molecular weight is 420 g/mol. The number of rotatable bonds is 10. The third-order valence-corrected chi connectivity index (χ3v) is 5.48. The number of nitrogens with zero attached hydrogens (tertiary/aromatic N) is 2. The van der Waals surface area contributed by atoms with Gasteiger partial charge in [0.05, 0.1) is 19.4 Å². The van der Waals surface area contributed by atoms with E-state index in [0.29, 0.717) is 18.2 Å². The highest BCUT2D eigenvalue weighted by Crippen LogP contribution is 2.14. The van der Waals surface area contributed by atoms with Crippen LogP contribution >= 0.6 is 11.6 Å². The van der Waals surface area contributed by atoms with E-state index in [9.17, 15) is 18.0 Å². The Labute approximate surface area is 165 Å². The van der Waals surface area contributed by atoms with Crippen molar-refractivity contribution < 1.29 is 22.7 Å². The number of hydrogen-bond donors (Lipinski definition) is 1. The normalized spacial score (nSPS) is 12.7. The van der Waals surface area contributed by atoms with E-state index in [1.54, 1.807) is 31.2 Å². The first-order chi connectivity index (χ1) is 12.6. The number of benzene rings is 1. The topological polar surface area (TPSA) is 96.0 Å². The SMILES string of the molecule is COCCNC(=O)C(C)N(Cc1ccc(Cl)cc1)C(=O)CN(C)S(C)(=O)=O. The predicted molar refractivity (Wildman–Crippen MR) is 104 cm³/mol. The summed E-state index contributed by atoms with van der Waals surface area (Å²) in [5, 5.41) is 3.24. The van der Waals surface area contributed by atoms with Gasteiger partial charge in [0.25, 0.3) is 0 Å². The maximum absolute atomic E-state index is 12.7. The Morgan fingerprint density at radius 3 is 2.37 bits per heavy atom. The molecule has 1 atom stereocenters. The maximum atomic E-state index is 12.7. The molecule has 0 saturated heterocycles. The quantitative estimate of drug-likeness (QED) is 0.563. The van der Waals surface area contributed by atoms with Crippen molar-refractivity contribution in [2.75, 3.05) is 40.1 Å². The van der Waals surface area contributed by atoms with Crippen molar-refractivity contribution in [2.24, 2.45) is 0 Å². The summed E-state index contributed by atoms with van der Waals surface area (Å²) in [4.78, 5) is 26.5. The van der Waals surface area contributed by atoms with Crippen LogP contribution in [0.4, 0.5) is 0 Å². The van der Waals surface area contributed by atoms with Crippen molar-refractivity contribution in [1.82, 2.24) is 14.5 Å². The van der Waals surface area contributed by atoms with Gasteiger partial charge in [-0.25, -0.2) is 8.42 Å². The second kappa shape index (κ2) is 10.6. The number of carbonyl (C=O) groups is 2. The Kier molecular flexibility index (Phi) is 9.17. The van der Waals surface area contributed by atoms with E-state index in [2.05, 4.69) is 5.32 Å². The van der Waals surface area contributed by atoms with Crippen LogP contribution in [-0.2, 0) is 30.9 Å². The Hall–Kier alpha value is -1.68. The number of nitrogens with one attached hydrogen (secondary N) is 1. The zero-order valence-electron chi connectivity index (χ0n) is 15.9. The Morgan fingerprint density at radius 1 is 1.26 bits per heavy atom. The molecule has 1 rings (SSSR count). The smallest absolute Gasteiger partial charge is 0.242 e. The minimum absolute atomic E-state index is 0.145. The van der Waals surface area contributed by atoms with E-state index in [-0.39, 0.29) is 19.0 Å². The van der Waals surface area contributed by atoms with Gasteiger partial charge in [-0.2, -0.15) is 4.31 Å². The summed E-state index contributed by atoms with van der Waals surface area (Å²) in [5.41, 5.74) is 0.770. The first-order valence-corrected chi connectivity index (χ1v) is 10.5. The second-order valence-electron chi connectivity index (χ2n) is 6.13. The summed E-state index contributed by atoms with van der Waals surface area (Å²) >= 11 is 5.88. The molecule has 1 aromatic carbocycles. The van der Waals surface area contributed by atoms with Crippen molar-refractivity contribution in [3.05, 3.63) is 34.9 Å². The summed E-state index contributed by atoms with van der Waals surface area (Å²) in [6.45, 7) is 2.04. The highest BCUT2D eigenvalue weighted by molar-refractivity contribution is 7.88. The lowest BCUT2D eigenvalue weighted by molar-refractivity contribution is -0.140. The molecule has 0 fully saturated rings. The van der Waals surface area contributed by atoms with E-state index in [0.717, 1.165) is 16.1 Å². The van der Waals surface area contributed by atoms with Crippen LogP contribution < -0.4 is 5.32 Å². The zero-order chi connectivity index (χ0) is 20.6. The zero-order valence-corrected chi connectivity index (χ0v) is 17.5. The average Bonchev–Trinajstić information content (AvgIpc) is 2.59. The molecule has 0 aromatic heterocycles. The van der Waals surface area contributed by atoms with Gasteiger partial charge < -0.3 is 15.0 Å². The summed E-state index contributed by atoms with van der Waals surface area (Å²) in [7, 11) is -0.685. The maximum Gasteiger partial charge on any atom is 0.242 e. The molecule has 2 amide bonds. The van der Waals surface area contributed by atoms with Gasteiger partial charge in [-0.05, 0) is 24.6 Å². The number of methoxy groups -OCH3 is 1. The molecule has 152 valence electrons. The molecular weight excluding hydrogens is 394 g/mol. The lowest BCUT2D eigenvalue weighted by Gasteiger charge is -2.30. The van der Waals surface area contributed by atoms with Crippen LogP contribution in [0.1, 0.15) is 12.5 Å². The van der Waals surface area contributed by atoms with Gasteiger partial charge in [-0.3, -0.25) is 9.59 Å². The number of amides is 2. The lowest BCUT2D eigenvalue weighted by atomic mass is 10.1. The van der Waals surface area contributed by atoms with Crippen LogP contribution in [0, 0.1) is 0 Å². The molecule has 1 N–H and O–H groups in total. The highest BCUT2D eigenvalue weighted by atomic mass is 35.5. The number of ether oxygens (including phenoxy) is 1. The molecule has 27 heavy (non-hydrogen) atoms. The van der Waals surface area contributed by atoms with Crippen LogP contribution in [0.15, 0.2) is 24.3 Å². The molecule has 0 spiro atoms. The fourth-order valence-electron chi connectivity index (χ4n) is 2.19. The molecule has 10 heteroatoms. The number of hydrogen-bond acceptors (Lipinski definition) is 5. The fraction of sp³-hybridized carbons (Fsp3) is 0.529. The standard InChI is InChI=1S/C17H26ClN3O5S/c1-13(17(23)19-9-10-26-3)21(11-14-5-7-15(18)8-6-14)16(22)12-20(2)27(4,24)25/h5-8,13H,9-12H2,1-4H3,(H,19,23). The van der Waals surface area contributed by atoms with Crippen LogP contribution in [0.5, 0.6) is 0 Å². The van der Waals surface area contributed by atoms with Crippen LogP contribution in [0.2, 0.25) is 5.02 Å². The molecule has 0 aliphatic rings. The van der Waals surface area contributed by atoms with Crippen molar-refractivity contribution in [1.29, 1.82) is 0 Å². The molecule has 8 nitrogen and oxygen atoms in total. The van der Waals surface area contributed by atoms with Crippen LogP contribution in [0.3, 0.4) is 0 Å². The Balaban J connectivity index is 2.98. The molecule has 0 heterocycles. The third kappa shape index (κ3) is 7.84. The minimum Gasteiger partial charge on any atom is -0.383 e. The third-order valence-electron chi connectivity index (χ3n) is 3.96. The first kappa shape index (κ1) is 23.4. The Morgan fingerprint density at radius 2 is 1.85 bits per heavy atom. The molecule has 0 aliphatic heterocycles. The number of likely N-dealkylation sites (N-methyl/N-ethyl adjacent to an activating group) is 1. The molecular formula is C17H26ClN3O5S. The van der Waals surface area contributed by atoms with Gasteiger partial charge >= 0.3 is 0 Å². The van der Waals surface area contributed by atoms with Crippen LogP contribution in [0.25, 0.3) is 0 Å². The number of carbonyl (C=O) groups excluding carboxylic acids is 2. The lowest BCUT2D eigenvalue weighted by Crippen LogP contribution is -2.50. The van der Waals surface area contributed by atoms with Gasteiger partial charge in [-0.1, -0.05) is 23.7 Å². The summed E-state index contributed by atoms with van der Waals surface area (Å²) in [5.74, 6) is -0.830. The molecule has 0 bridgehead atoms. The first-order valence-electron chi connectivity index (χ1n) is 8.28. The summed E-state index contributed by atoms with van der Waals surface area (Å²) in [6.07, 6.45) is 1.02. The van der Waals surface area contributed by atoms with Gasteiger partial charge in [0, 0.05) is 32.3 Å². The van der Waals surface area contributed by atoms with Gasteiger partial charge in [0.2, 0.25) is 21.8 Å². The minimum atomic E-state index is -3.52.